The van der Waals surface area contributed by atoms with Crippen LogP contribution in [0.1, 0.15) is 49.4 Å². The van der Waals surface area contributed by atoms with Gasteiger partial charge in [-0.25, -0.2) is 9.64 Å². The highest BCUT2D eigenvalue weighted by Gasteiger charge is 2.55. The van der Waals surface area contributed by atoms with E-state index in [0.717, 1.165) is 35.3 Å². The van der Waals surface area contributed by atoms with E-state index in [1.165, 1.54) is 0 Å². The molecule has 1 saturated heterocycles. The molecule has 0 N–H and O–H groups in total. The molecule has 0 bridgehead atoms. The minimum Gasteiger partial charge on any atom is -0.286 e. The molecule has 0 aromatic heterocycles. The van der Waals surface area contributed by atoms with Gasteiger partial charge in [-0.1, -0.05) is 55.3 Å². The summed E-state index contributed by atoms with van der Waals surface area (Å²) < 4.78 is 0. The maximum atomic E-state index is 14.1. The number of aryl methyl sites for hydroxylation is 1. The SMILES string of the molecule is [C-]#[N+]c1ccc(N2C(=O)N(c3ccc(C#N)cc3)[C@@](C)(CCC)[C@@H]2c2cccc(C)c2)cc1. The molecular weight excluding hydrogens is 408 g/mol. The van der Waals surface area contributed by atoms with Crippen LogP contribution < -0.4 is 9.80 Å². The molecule has 1 fully saturated rings. The Labute approximate surface area is 195 Å². The van der Waals surface area contributed by atoms with Crippen LogP contribution in [0.15, 0.2) is 72.8 Å². The zero-order valence-corrected chi connectivity index (χ0v) is 19.1. The Hall–Kier alpha value is -4.09. The average molecular weight is 435 g/mol. The van der Waals surface area contributed by atoms with Crippen LogP contribution >= 0.6 is 0 Å². The molecule has 2 amide bonds. The molecule has 4 rings (SSSR count). The summed E-state index contributed by atoms with van der Waals surface area (Å²) in [6.07, 6.45) is 1.71. The molecule has 164 valence electrons. The zero-order chi connectivity index (χ0) is 23.6. The number of benzene rings is 3. The van der Waals surface area contributed by atoms with Gasteiger partial charge in [-0.3, -0.25) is 9.80 Å². The molecule has 2 atom stereocenters. The van der Waals surface area contributed by atoms with Crippen LogP contribution in [0, 0.1) is 24.8 Å². The van der Waals surface area contributed by atoms with Crippen molar-refractivity contribution in [2.45, 2.75) is 45.2 Å². The smallest absolute Gasteiger partial charge is 0.286 e. The van der Waals surface area contributed by atoms with Gasteiger partial charge >= 0.3 is 6.03 Å². The van der Waals surface area contributed by atoms with Gasteiger partial charge in [0.15, 0.2) is 5.69 Å². The second kappa shape index (κ2) is 8.81. The van der Waals surface area contributed by atoms with E-state index in [2.05, 4.69) is 49.9 Å². The van der Waals surface area contributed by atoms with E-state index in [4.69, 9.17) is 6.57 Å². The number of urea groups is 1. The Balaban J connectivity index is 1.93. The summed E-state index contributed by atoms with van der Waals surface area (Å²) >= 11 is 0. The lowest BCUT2D eigenvalue weighted by Crippen LogP contribution is -2.46. The van der Waals surface area contributed by atoms with Crippen molar-refractivity contribution in [1.29, 1.82) is 5.26 Å². The number of nitrogens with zero attached hydrogens (tertiary/aromatic N) is 4. The van der Waals surface area contributed by atoms with Crippen molar-refractivity contribution < 1.29 is 4.79 Å². The van der Waals surface area contributed by atoms with Crippen LogP contribution in [-0.2, 0) is 0 Å². The van der Waals surface area contributed by atoms with E-state index in [9.17, 15) is 10.1 Å². The molecule has 3 aromatic carbocycles. The fraction of sp³-hybridized carbons (Fsp3) is 0.250. The fourth-order valence-corrected chi connectivity index (χ4v) is 4.98. The first-order chi connectivity index (χ1) is 15.9. The van der Waals surface area contributed by atoms with E-state index < -0.39 is 5.54 Å². The quantitative estimate of drug-likeness (QED) is 0.400. The predicted molar refractivity (Wildman–Crippen MR) is 131 cm³/mol. The van der Waals surface area contributed by atoms with E-state index >= 15 is 0 Å². The summed E-state index contributed by atoms with van der Waals surface area (Å²) in [4.78, 5) is 21.3. The highest BCUT2D eigenvalue weighted by molar-refractivity contribution is 6.08. The van der Waals surface area contributed by atoms with Crippen molar-refractivity contribution in [2.24, 2.45) is 0 Å². The van der Waals surface area contributed by atoms with Crippen LogP contribution in [0.5, 0.6) is 0 Å². The maximum absolute atomic E-state index is 14.1. The Morgan fingerprint density at radius 2 is 1.73 bits per heavy atom. The molecule has 1 aliphatic heterocycles. The third kappa shape index (κ3) is 3.83. The van der Waals surface area contributed by atoms with Crippen molar-refractivity contribution in [3.8, 4) is 6.07 Å². The zero-order valence-electron chi connectivity index (χ0n) is 19.1. The second-order valence-electron chi connectivity index (χ2n) is 8.70. The van der Waals surface area contributed by atoms with Gasteiger partial charge in [0.2, 0.25) is 0 Å². The lowest BCUT2D eigenvalue weighted by molar-refractivity contribution is 0.253. The summed E-state index contributed by atoms with van der Waals surface area (Å²) in [5.74, 6) is 0. The number of hydrogen-bond donors (Lipinski definition) is 0. The number of rotatable bonds is 5. The Morgan fingerprint density at radius 1 is 1.06 bits per heavy atom. The molecule has 5 heteroatoms. The predicted octanol–water partition coefficient (Wildman–Crippen LogP) is 7.16. The average Bonchev–Trinajstić information content (AvgIpc) is 3.05. The summed E-state index contributed by atoms with van der Waals surface area (Å²) in [5, 5.41) is 9.22. The number of anilines is 2. The molecule has 0 radical (unpaired) electrons. The van der Waals surface area contributed by atoms with Gasteiger partial charge in [-0.05, 0) is 62.2 Å². The van der Waals surface area contributed by atoms with Crippen molar-refractivity contribution in [3.05, 3.63) is 101 Å². The summed E-state index contributed by atoms with van der Waals surface area (Å²) in [7, 11) is 0. The summed E-state index contributed by atoms with van der Waals surface area (Å²) in [6.45, 7) is 13.6. The first-order valence-corrected chi connectivity index (χ1v) is 11.1. The Kier molecular flexibility index (Phi) is 5.90. The largest absolute Gasteiger partial charge is 0.330 e. The summed E-state index contributed by atoms with van der Waals surface area (Å²) in [5.41, 5.74) is 4.32. The van der Waals surface area contributed by atoms with Crippen LogP contribution in [-0.4, -0.2) is 11.6 Å². The van der Waals surface area contributed by atoms with Crippen molar-refractivity contribution in [2.75, 3.05) is 9.80 Å². The standard InChI is InChI=1S/C28H26N4O/c1-5-17-28(3)26(22-8-6-7-20(2)18-22)31(24-15-11-23(30-4)12-16-24)27(33)32(28)25-13-9-21(19-29)10-14-25/h6-16,18,26H,5,17H2,1-3H3/t26-,28-/m0/s1. The molecule has 0 aliphatic carbocycles. The molecule has 0 unspecified atom stereocenters. The van der Waals surface area contributed by atoms with E-state index in [-0.39, 0.29) is 12.1 Å². The number of hydrogen-bond acceptors (Lipinski definition) is 2. The van der Waals surface area contributed by atoms with Crippen LogP contribution in [0.3, 0.4) is 0 Å². The van der Waals surface area contributed by atoms with E-state index in [1.54, 1.807) is 24.3 Å². The van der Waals surface area contributed by atoms with E-state index in [1.807, 2.05) is 40.1 Å². The number of carbonyl (C=O) groups excluding carboxylic acids is 1. The molecule has 1 heterocycles. The van der Waals surface area contributed by atoms with Gasteiger partial charge < -0.3 is 0 Å². The molecule has 33 heavy (non-hydrogen) atoms. The van der Waals surface area contributed by atoms with Crippen molar-refractivity contribution >= 4 is 23.1 Å². The second-order valence-corrected chi connectivity index (χ2v) is 8.70. The topological polar surface area (TPSA) is 51.7 Å². The van der Waals surface area contributed by atoms with Gasteiger partial charge in [-0.15, -0.1) is 0 Å². The first kappa shape index (κ1) is 22.1. The Bertz CT molecular complexity index is 1250. The highest BCUT2D eigenvalue weighted by atomic mass is 16.2. The highest BCUT2D eigenvalue weighted by Crippen LogP contribution is 2.50. The van der Waals surface area contributed by atoms with Crippen molar-refractivity contribution in [3.63, 3.8) is 0 Å². The van der Waals surface area contributed by atoms with Crippen LogP contribution in [0.25, 0.3) is 4.85 Å². The fourth-order valence-electron chi connectivity index (χ4n) is 4.98. The molecule has 1 aliphatic rings. The van der Waals surface area contributed by atoms with Crippen molar-refractivity contribution in [1.82, 2.24) is 0 Å². The van der Waals surface area contributed by atoms with Crippen LogP contribution in [0.4, 0.5) is 21.9 Å². The van der Waals surface area contributed by atoms with Crippen LogP contribution in [0.2, 0.25) is 0 Å². The molecule has 3 aromatic rings. The third-order valence-electron chi connectivity index (χ3n) is 6.38. The monoisotopic (exact) mass is 434 g/mol. The Morgan fingerprint density at radius 3 is 2.30 bits per heavy atom. The molecule has 0 spiro atoms. The lowest BCUT2D eigenvalue weighted by Gasteiger charge is -2.39. The number of amides is 2. The lowest BCUT2D eigenvalue weighted by atomic mass is 9.82. The van der Waals surface area contributed by atoms with Gasteiger partial charge in [0.25, 0.3) is 0 Å². The van der Waals surface area contributed by atoms with Gasteiger partial charge in [0.1, 0.15) is 0 Å². The van der Waals surface area contributed by atoms with Gasteiger partial charge in [0.05, 0.1) is 29.8 Å². The van der Waals surface area contributed by atoms with Gasteiger partial charge in [-0.2, -0.15) is 5.26 Å². The number of nitriles is 1. The molecule has 5 nitrogen and oxygen atoms in total. The third-order valence-corrected chi connectivity index (χ3v) is 6.38. The minimum absolute atomic E-state index is 0.113. The molecular formula is C28H26N4O. The molecule has 0 saturated carbocycles. The summed E-state index contributed by atoms with van der Waals surface area (Å²) in [6, 6.07) is 24.6. The normalized spacial score (nSPS) is 19.9. The van der Waals surface area contributed by atoms with Gasteiger partial charge in [0, 0.05) is 11.4 Å². The first-order valence-electron chi connectivity index (χ1n) is 11.1. The van der Waals surface area contributed by atoms with E-state index in [0.29, 0.717) is 11.3 Å². The maximum Gasteiger partial charge on any atom is 0.330 e. The number of carbonyl (C=O) groups is 1. The minimum atomic E-state index is -0.522.